The Labute approximate surface area is 161 Å². The van der Waals surface area contributed by atoms with Crippen molar-refractivity contribution < 1.29 is 9.59 Å². The van der Waals surface area contributed by atoms with Crippen LogP contribution in [0, 0.1) is 11.3 Å². The summed E-state index contributed by atoms with van der Waals surface area (Å²) in [7, 11) is 0. The summed E-state index contributed by atoms with van der Waals surface area (Å²) in [6, 6.07) is 11.8. The molecule has 1 aliphatic rings. The Morgan fingerprint density at radius 2 is 1.93 bits per heavy atom. The molecule has 0 spiro atoms. The number of carbonyl (C=O) groups is 2. The normalized spacial score (nSPS) is 13.3. The molecule has 1 aliphatic carbocycles. The Kier molecular flexibility index (Phi) is 6.13. The zero-order valence-electron chi connectivity index (χ0n) is 14.6. The van der Waals surface area contributed by atoms with E-state index in [1.165, 1.54) is 17.6 Å². The SMILES string of the molecule is N#Cc1c(NC(=O)C(=O)N/N=C\C=C\c2ccccc2)sc2c1CCCC2. The maximum atomic E-state index is 12.1. The zero-order chi connectivity index (χ0) is 19.1. The molecule has 27 heavy (non-hydrogen) atoms. The average Bonchev–Trinajstić information content (AvgIpc) is 3.05. The van der Waals surface area contributed by atoms with Crippen molar-refractivity contribution in [1.29, 1.82) is 5.26 Å². The lowest BCUT2D eigenvalue weighted by atomic mass is 9.96. The van der Waals surface area contributed by atoms with Crippen molar-refractivity contribution in [2.45, 2.75) is 25.7 Å². The molecule has 1 aromatic heterocycles. The number of hydrogen-bond donors (Lipinski definition) is 2. The fraction of sp³-hybridized carbons (Fsp3) is 0.200. The van der Waals surface area contributed by atoms with Crippen LogP contribution in [0.1, 0.15) is 34.4 Å². The summed E-state index contributed by atoms with van der Waals surface area (Å²) in [6.07, 6.45) is 8.75. The number of hydrogen-bond acceptors (Lipinski definition) is 5. The highest BCUT2D eigenvalue weighted by Gasteiger charge is 2.23. The summed E-state index contributed by atoms with van der Waals surface area (Å²) in [4.78, 5) is 25.1. The van der Waals surface area contributed by atoms with E-state index in [2.05, 4.69) is 21.9 Å². The van der Waals surface area contributed by atoms with Crippen LogP contribution in [0.15, 0.2) is 41.5 Å². The summed E-state index contributed by atoms with van der Waals surface area (Å²) in [5, 5.41) is 16.1. The third-order valence-corrected chi connectivity index (χ3v) is 5.34. The number of anilines is 1. The summed E-state index contributed by atoms with van der Waals surface area (Å²) in [5.74, 6) is -1.72. The third kappa shape index (κ3) is 4.68. The number of amides is 2. The van der Waals surface area contributed by atoms with Gasteiger partial charge in [-0.15, -0.1) is 11.3 Å². The third-order valence-electron chi connectivity index (χ3n) is 4.13. The lowest BCUT2D eigenvalue weighted by Gasteiger charge is -2.09. The van der Waals surface area contributed by atoms with Crippen molar-refractivity contribution in [3.8, 4) is 6.07 Å². The number of rotatable bonds is 4. The van der Waals surface area contributed by atoms with Crippen molar-refractivity contribution >= 4 is 40.4 Å². The lowest BCUT2D eigenvalue weighted by Crippen LogP contribution is -2.32. The van der Waals surface area contributed by atoms with E-state index in [4.69, 9.17) is 0 Å². The summed E-state index contributed by atoms with van der Waals surface area (Å²) >= 11 is 1.38. The standard InChI is InChI=1S/C20H18N4O2S/c21-13-16-15-10-4-5-11-17(15)27-20(16)23-18(25)19(26)24-22-12-6-9-14-7-2-1-3-8-14/h1-3,6-9,12H,4-5,10-11H2,(H,23,25)(H,24,26)/b9-6+,22-12-. The van der Waals surface area contributed by atoms with Crippen molar-refractivity contribution in [1.82, 2.24) is 5.43 Å². The highest BCUT2D eigenvalue weighted by atomic mass is 32.1. The van der Waals surface area contributed by atoms with Crippen LogP contribution in [0.5, 0.6) is 0 Å². The van der Waals surface area contributed by atoms with Crippen molar-refractivity contribution in [2.75, 3.05) is 5.32 Å². The molecule has 0 atom stereocenters. The highest BCUT2D eigenvalue weighted by molar-refractivity contribution is 7.16. The van der Waals surface area contributed by atoms with Crippen LogP contribution in [0.25, 0.3) is 6.08 Å². The Hall–Kier alpha value is -3.24. The molecule has 136 valence electrons. The second kappa shape index (κ2) is 8.92. The number of carbonyl (C=O) groups excluding carboxylic acids is 2. The van der Waals surface area contributed by atoms with Crippen molar-refractivity contribution in [2.24, 2.45) is 5.10 Å². The zero-order valence-corrected chi connectivity index (χ0v) is 15.4. The van der Waals surface area contributed by atoms with Gasteiger partial charge in [0.05, 0.1) is 5.56 Å². The van der Waals surface area contributed by atoms with Gasteiger partial charge in [0, 0.05) is 11.1 Å². The van der Waals surface area contributed by atoms with E-state index in [1.54, 1.807) is 6.08 Å². The van der Waals surface area contributed by atoms with Gasteiger partial charge in [-0.25, -0.2) is 5.43 Å². The number of aryl methyl sites for hydroxylation is 1. The second-order valence-electron chi connectivity index (χ2n) is 5.97. The molecule has 0 radical (unpaired) electrons. The Bertz CT molecular complexity index is 939. The molecule has 0 saturated carbocycles. The molecule has 3 rings (SSSR count). The number of hydrazone groups is 1. The van der Waals surface area contributed by atoms with E-state index in [0.717, 1.165) is 41.7 Å². The molecule has 1 heterocycles. The Morgan fingerprint density at radius 1 is 1.15 bits per heavy atom. The van der Waals surface area contributed by atoms with E-state index < -0.39 is 11.8 Å². The molecule has 0 aliphatic heterocycles. The van der Waals surface area contributed by atoms with Gasteiger partial charge in [0.1, 0.15) is 11.1 Å². The molecule has 0 unspecified atom stereocenters. The largest absolute Gasteiger partial charge is 0.329 e. The molecule has 0 bridgehead atoms. The number of allylic oxidation sites excluding steroid dienone is 1. The Morgan fingerprint density at radius 3 is 2.70 bits per heavy atom. The van der Waals surface area contributed by atoms with Crippen LogP contribution >= 0.6 is 11.3 Å². The minimum atomic E-state index is -0.880. The van der Waals surface area contributed by atoms with Crippen LogP contribution in [0.4, 0.5) is 5.00 Å². The first kappa shape index (κ1) is 18.5. The fourth-order valence-corrected chi connectivity index (χ4v) is 4.07. The van der Waals surface area contributed by atoms with Gasteiger partial charge in [-0.05, 0) is 42.9 Å². The summed E-state index contributed by atoms with van der Waals surface area (Å²) < 4.78 is 0. The number of nitrogens with zero attached hydrogens (tertiary/aromatic N) is 2. The Balaban J connectivity index is 1.56. The van der Waals surface area contributed by atoms with Crippen LogP contribution in [-0.2, 0) is 22.4 Å². The summed E-state index contributed by atoms with van der Waals surface area (Å²) in [6.45, 7) is 0. The molecule has 6 nitrogen and oxygen atoms in total. The first-order valence-corrected chi connectivity index (χ1v) is 9.41. The molecular weight excluding hydrogens is 360 g/mol. The van der Waals surface area contributed by atoms with E-state index in [1.807, 2.05) is 36.4 Å². The highest BCUT2D eigenvalue weighted by Crippen LogP contribution is 2.37. The van der Waals surface area contributed by atoms with Crippen molar-refractivity contribution in [3.05, 3.63) is 58.0 Å². The first-order valence-electron chi connectivity index (χ1n) is 8.60. The van der Waals surface area contributed by atoms with E-state index in [0.29, 0.717) is 10.6 Å². The van der Waals surface area contributed by atoms with Gasteiger partial charge >= 0.3 is 11.8 Å². The summed E-state index contributed by atoms with van der Waals surface area (Å²) in [5.41, 5.74) is 4.66. The van der Waals surface area contributed by atoms with Crippen LogP contribution in [-0.4, -0.2) is 18.0 Å². The number of benzene rings is 1. The fourth-order valence-electron chi connectivity index (χ4n) is 2.84. The minimum absolute atomic E-state index is 0.442. The van der Waals surface area contributed by atoms with Gasteiger partial charge in [-0.2, -0.15) is 10.4 Å². The second-order valence-corrected chi connectivity index (χ2v) is 7.08. The topological polar surface area (TPSA) is 94.4 Å². The molecule has 2 N–H and O–H groups in total. The maximum absolute atomic E-state index is 12.1. The number of fused-ring (bicyclic) bond motifs is 1. The quantitative estimate of drug-likeness (QED) is 0.486. The minimum Gasteiger partial charge on any atom is -0.308 e. The van der Waals surface area contributed by atoms with Gasteiger partial charge in [-0.1, -0.05) is 36.4 Å². The predicted molar refractivity (Wildman–Crippen MR) is 106 cm³/mol. The van der Waals surface area contributed by atoms with Gasteiger partial charge in [0.2, 0.25) is 0 Å². The first-order chi connectivity index (χ1) is 13.2. The number of nitrogens with one attached hydrogen (secondary N) is 2. The smallest absolute Gasteiger partial charge is 0.308 e. The van der Waals surface area contributed by atoms with Crippen molar-refractivity contribution in [3.63, 3.8) is 0 Å². The molecular formula is C20H18N4O2S. The maximum Gasteiger partial charge on any atom is 0.329 e. The lowest BCUT2D eigenvalue weighted by molar-refractivity contribution is -0.136. The van der Waals surface area contributed by atoms with Gasteiger partial charge in [-0.3, -0.25) is 9.59 Å². The van der Waals surface area contributed by atoms with E-state index >= 15 is 0 Å². The molecule has 0 fully saturated rings. The molecule has 7 heteroatoms. The molecule has 2 amide bonds. The monoisotopic (exact) mass is 378 g/mol. The average molecular weight is 378 g/mol. The van der Waals surface area contributed by atoms with Crippen LogP contribution < -0.4 is 10.7 Å². The number of thiophene rings is 1. The van der Waals surface area contributed by atoms with Crippen LogP contribution in [0.3, 0.4) is 0 Å². The molecule has 2 aromatic rings. The number of nitriles is 1. The van der Waals surface area contributed by atoms with E-state index in [9.17, 15) is 14.9 Å². The van der Waals surface area contributed by atoms with Gasteiger partial charge in [0.15, 0.2) is 0 Å². The van der Waals surface area contributed by atoms with Crippen LogP contribution in [0.2, 0.25) is 0 Å². The molecule has 1 aromatic carbocycles. The van der Waals surface area contributed by atoms with E-state index in [-0.39, 0.29) is 0 Å². The predicted octanol–water partition coefficient (Wildman–Crippen LogP) is 3.25. The molecule has 0 saturated heterocycles. The van der Waals surface area contributed by atoms with Gasteiger partial charge in [0.25, 0.3) is 0 Å². The van der Waals surface area contributed by atoms with Gasteiger partial charge < -0.3 is 5.32 Å².